The molecule has 0 aromatic heterocycles. The minimum absolute atomic E-state index is 0.166. The van der Waals surface area contributed by atoms with Crippen molar-refractivity contribution >= 4 is 19.3 Å². The van der Waals surface area contributed by atoms with Crippen LogP contribution < -0.4 is 9.99 Å². The van der Waals surface area contributed by atoms with Gasteiger partial charge in [-0.05, 0) is 24.6 Å². The number of rotatable bonds is 6. The van der Waals surface area contributed by atoms with Crippen molar-refractivity contribution in [1.29, 1.82) is 0 Å². The summed E-state index contributed by atoms with van der Waals surface area (Å²) in [5.41, 5.74) is 1.15. The van der Waals surface area contributed by atoms with Crippen molar-refractivity contribution in [3.8, 4) is 0 Å². The van der Waals surface area contributed by atoms with Gasteiger partial charge in [-0.2, -0.15) is 0 Å². The van der Waals surface area contributed by atoms with Crippen LogP contribution in [-0.2, 0) is 15.9 Å². The molecule has 2 aromatic rings. The fourth-order valence-corrected chi connectivity index (χ4v) is 2.98. The first-order valence-electron chi connectivity index (χ1n) is 7.12. The second-order valence-corrected chi connectivity index (χ2v) is 6.51. The summed E-state index contributed by atoms with van der Waals surface area (Å²) < 4.78 is 12.3. The highest BCUT2D eigenvalue weighted by Crippen LogP contribution is 2.44. The monoisotopic (exact) mass is 334 g/mol. The maximum atomic E-state index is 12.5. The van der Waals surface area contributed by atoms with E-state index in [9.17, 15) is 19.1 Å². The summed E-state index contributed by atoms with van der Waals surface area (Å²) in [4.78, 5) is 31.5. The summed E-state index contributed by atoms with van der Waals surface area (Å²) in [7, 11) is -4.76. The van der Waals surface area contributed by atoms with Gasteiger partial charge in [-0.3, -0.25) is 4.79 Å². The highest BCUT2D eigenvalue weighted by Gasteiger charge is 2.34. The smallest absolute Gasteiger partial charge is 0.308 e. The summed E-state index contributed by atoms with van der Waals surface area (Å²) in [6.07, 6.45) is 0. The molecule has 0 saturated heterocycles. The van der Waals surface area contributed by atoms with Crippen LogP contribution in [0.15, 0.2) is 60.7 Å². The number of amides is 1. The molecule has 2 aromatic carbocycles. The van der Waals surface area contributed by atoms with E-state index in [0.29, 0.717) is 11.2 Å². The van der Waals surface area contributed by atoms with Crippen molar-refractivity contribution < 1.29 is 19.1 Å². The Labute approximate surface area is 135 Å². The minimum Gasteiger partial charge on any atom is -0.308 e. The Hall–Kier alpha value is -1.98. The van der Waals surface area contributed by atoms with E-state index in [1.165, 1.54) is 12.1 Å². The van der Waals surface area contributed by atoms with E-state index in [-0.39, 0.29) is 5.69 Å². The molecule has 1 amide bonds. The molecule has 0 aliphatic carbocycles. The van der Waals surface area contributed by atoms with Crippen LogP contribution in [0.5, 0.6) is 0 Å². The van der Waals surface area contributed by atoms with Gasteiger partial charge in [0.25, 0.3) is 5.91 Å². The quantitative estimate of drug-likeness (QED) is 0.705. The fourth-order valence-electron chi connectivity index (χ4n) is 2.11. The third kappa shape index (κ3) is 4.74. The average molecular weight is 334 g/mol. The predicted molar refractivity (Wildman–Crippen MR) is 88.7 cm³/mol. The number of nitrogens with one attached hydrogen (secondary N) is 1. The largest absolute Gasteiger partial charge is 0.436 e. The number of para-hydroxylation sites is 1. The molecule has 0 unspecified atom stereocenters. The van der Waals surface area contributed by atoms with Crippen LogP contribution >= 0.6 is 7.75 Å². The van der Waals surface area contributed by atoms with Crippen molar-refractivity contribution in [2.24, 2.45) is 0 Å². The van der Waals surface area contributed by atoms with Crippen LogP contribution in [0.25, 0.3) is 0 Å². The summed E-state index contributed by atoms with van der Waals surface area (Å²) in [5.74, 6) is -0.680. The summed E-state index contributed by atoms with van der Waals surface area (Å²) in [6.45, 7) is 2.01. The Balaban J connectivity index is 2.13. The summed E-state index contributed by atoms with van der Waals surface area (Å²) in [6, 6.07) is 16.6. The van der Waals surface area contributed by atoms with Gasteiger partial charge in [0, 0.05) is 6.54 Å². The van der Waals surface area contributed by atoms with Crippen LogP contribution in [-0.4, -0.2) is 21.7 Å². The van der Waals surface area contributed by atoms with Gasteiger partial charge in [0.1, 0.15) is 0 Å². The molecule has 7 heteroatoms. The van der Waals surface area contributed by atoms with E-state index in [1.807, 2.05) is 30.3 Å². The number of nitrogens with zero attached hydrogens (tertiary/aromatic N) is 1. The second-order valence-electron chi connectivity index (χ2n) is 5.09. The molecule has 0 saturated carbocycles. The first kappa shape index (κ1) is 17.4. The second kappa shape index (κ2) is 7.53. The predicted octanol–water partition coefficient (Wildman–Crippen LogP) is 2.29. The molecule has 122 valence electrons. The molecule has 0 spiro atoms. The molecule has 6 nitrogen and oxygen atoms in total. The van der Waals surface area contributed by atoms with Crippen LogP contribution in [0.1, 0.15) is 12.5 Å². The van der Waals surface area contributed by atoms with Crippen LogP contribution in [0.2, 0.25) is 0 Å². The van der Waals surface area contributed by atoms with Crippen molar-refractivity contribution in [2.45, 2.75) is 19.5 Å². The van der Waals surface area contributed by atoms with E-state index < -0.39 is 19.7 Å². The topological polar surface area (TPSA) is 89.9 Å². The highest BCUT2D eigenvalue weighted by molar-refractivity contribution is 7.54. The third-order valence-electron chi connectivity index (χ3n) is 3.30. The lowest BCUT2D eigenvalue weighted by Crippen LogP contribution is -2.43. The Morgan fingerprint density at radius 3 is 2.13 bits per heavy atom. The molecule has 0 radical (unpaired) electrons. The van der Waals surface area contributed by atoms with Gasteiger partial charge in [0.2, 0.25) is 0 Å². The zero-order valence-electron chi connectivity index (χ0n) is 12.7. The Kier molecular flexibility index (Phi) is 5.69. The Bertz CT molecular complexity index is 688. The molecule has 1 atom stereocenters. The lowest BCUT2D eigenvalue weighted by molar-refractivity contribution is -0.119. The molecular weight excluding hydrogens is 315 g/mol. The number of hydrogen-bond donors (Lipinski definition) is 3. The number of benzene rings is 2. The fraction of sp³-hybridized carbons (Fsp3) is 0.188. The van der Waals surface area contributed by atoms with Crippen LogP contribution in [0, 0.1) is 0 Å². The van der Waals surface area contributed by atoms with Gasteiger partial charge in [-0.25, -0.2) is 9.24 Å². The van der Waals surface area contributed by atoms with Gasteiger partial charge in [-0.15, -0.1) is 0 Å². The molecule has 0 aliphatic heterocycles. The molecule has 0 fully saturated rings. The molecular formula is C16H19N2O4P. The highest BCUT2D eigenvalue weighted by atomic mass is 31.2. The maximum absolute atomic E-state index is 12.5. The lowest BCUT2D eigenvalue weighted by Gasteiger charge is -2.26. The van der Waals surface area contributed by atoms with E-state index in [2.05, 4.69) is 5.32 Å². The van der Waals surface area contributed by atoms with E-state index in [4.69, 9.17) is 0 Å². The summed E-state index contributed by atoms with van der Waals surface area (Å²) >= 11 is 0. The molecule has 0 heterocycles. The normalized spacial score (nSPS) is 12.7. The van der Waals surface area contributed by atoms with Gasteiger partial charge in [-0.1, -0.05) is 48.5 Å². The number of hydrogen-bond acceptors (Lipinski definition) is 3. The zero-order valence-corrected chi connectivity index (χ0v) is 13.6. The average Bonchev–Trinajstić information content (AvgIpc) is 2.53. The van der Waals surface area contributed by atoms with E-state index >= 15 is 0 Å². The number of carbonyl (C=O) groups excluding carboxylic acids is 1. The van der Waals surface area contributed by atoms with Crippen LogP contribution in [0.3, 0.4) is 0 Å². The van der Waals surface area contributed by atoms with E-state index in [0.717, 1.165) is 5.56 Å². The SMILES string of the molecule is C[C@H](NCc1ccccc1)C(=O)N(c1ccccc1)P(=O)(O)O. The molecule has 0 bridgehead atoms. The summed E-state index contributed by atoms with van der Waals surface area (Å²) in [5, 5.41) is 2.99. The van der Waals surface area contributed by atoms with Crippen molar-refractivity contribution in [2.75, 3.05) is 4.67 Å². The van der Waals surface area contributed by atoms with Gasteiger partial charge in [0.15, 0.2) is 0 Å². The van der Waals surface area contributed by atoms with Crippen molar-refractivity contribution in [3.63, 3.8) is 0 Å². The van der Waals surface area contributed by atoms with E-state index in [1.54, 1.807) is 25.1 Å². The van der Waals surface area contributed by atoms with Gasteiger partial charge < -0.3 is 15.1 Å². The Morgan fingerprint density at radius 2 is 1.61 bits per heavy atom. The molecule has 23 heavy (non-hydrogen) atoms. The molecule has 2 rings (SSSR count). The van der Waals surface area contributed by atoms with Crippen LogP contribution in [0.4, 0.5) is 5.69 Å². The van der Waals surface area contributed by atoms with Crippen molar-refractivity contribution in [1.82, 2.24) is 5.32 Å². The molecule has 3 N–H and O–H groups in total. The van der Waals surface area contributed by atoms with Crippen molar-refractivity contribution in [3.05, 3.63) is 66.2 Å². The molecule has 0 aliphatic rings. The third-order valence-corrected chi connectivity index (χ3v) is 4.24. The maximum Gasteiger partial charge on any atom is 0.436 e. The van der Waals surface area contributed by atoms with Gasteiger partial charge >= 0.3 is 7.75 Å². The lowest BCUT2D eigenvalue weighted by atomic mass is 10.2. The minimum atomic E-state index is -4.76. The number of anilines is 1. The first-order chi connectivity index (χ1) is 10.9. The first-order valence-corrected chi connectivity index (χ1v) is 8.68. The zero-order chi connectivity index (χ0) is 16.9. The standard InChI is InChI=1S/C16H19N2O4P/c1-13(17-12-14-8-4-2-5-9-14)16(19)18(23(20,21)22)15-10-6-3-7-11-15/h2-11,13,17H,12H2,1H3,(H2,20,21,22)/t13-/m0/s1. The number of carbonyl (C=O) groups is 1. The van der Waals surface area contributed by atoms with Gasteiger partial charge in [0.05, 0.1) is 11.7 Å². The Morgan fingerprint density at radius 1 is 1.09 bits per heavy atom.